The maximum Gasteiger partial charge on any atom is 0.0949 e. The van der Waals surface area contributed by atoms with Crippen LogP contribution in [0.1, 0.15) is 117 Å². The Labute approximate surface area is 314 Å². The Morgan fingerprint density at radius 2 is 1.19 bits per heavy atom. The van der Waals surface area contributed by atoms with Gasteiger partial charge in [0.1, 0.15) is 0 Å². The molecule has 3 aromatic heterocycles. The second-order valence-corrected chi connectivity index (χ2v) is 20.3. The van der Waals surface area contributed by atoms with Gasteiger partial charge in [0, 0.05) is 33.3 Å². The van der Waals surface area contributed by atoms with E-state index >= 15 is 0 Å². The normalized spacial score (nSPS) is 18.5. The van der Waals surface area contributed by atoms with Crippen molar-refractivity contribution in [1.29, 1.82) is 0 Å². The fraction of sp³-hybridized carbons (Fsp3) is 0.353. The van der Waals surface area contributed by atoms with Crippen LogP contribution in [0.5, 0.6) is 0 Å². The zero-order chi connectivity index (χ0) is 37.2. The Balaban J connectivity index is 1.38. The maximum absolute atomic E-state index is 5.23. The Hall–Kier alpha value is -4.69. The molecule has 2 aliphatic carbocycles. The molecule has 0 unspecified atom stereocenters. The van der Waals surface area contributed by atoms with Gasteiger partial charge in [-0.1, -0.05) is 137 Å². The maximum atomic E-state index is 5.23. The number of hydrogen-bond acceptors (Lipinski definition) is 1. The van der Waals surface area contributed by atoms with Crippen LogP contribution in [0.3, 0.4) is 0 Å². The standard InChI is InChI=1S/C51H52N2/c1-47(2,3)36-25-30(24-29-16-12-13-17-31(29)36)44-46-33(22-23-52-44)32-20-21-35(40-34-18-14-15-19-39(34)53(46)45(32)40)41-42-37(48(4,5)27-50(42,8)9)26-38-43(41)51(10,11)28-49(38,6)7/h12-26H,27-28H2,1-11H3. The highest BCUT2D eigenvalue weighted by Crippen LogP contribution is 2.62. The molecule has 0 saturated heterocycles. The lowest BCUT2D eigenvalue weighted by Gasteiger charge is -2.30. The van der Waals surface area contributed by atoms with Gasteiger partial charge < -0.3 is 4.40 Å². The molecule has 2 aliphatic rings. The second kappa shape index (κ2) is 10.1. The minimum atomic E-state index is -0.0142. The first kappa shape index (κ1) is 32.9. The molecule has 0 saturated carbocycles. The van der Waals surface area contributed by atoms with Crippen LogP contribution < -0.4 is 0 Å². The number of fused-ring (bicyclic) bond motifs is 9. The van der Waals surface area contributed by atoms with E-state index in [1.807, 2.05) is 6.20 Å². The monoisotopic (exact) mass is 692 g/mol. The van der Waals surface area contributed by atoms with E-state index in [4.69, 9.17) is 4.98 Å². The third-order valence-electron chi connectivity index (χ3n) is 13.4. The predicted molar refractivity (Wildman–Crippen MR) is 227 cm³/mol. The summed E-state index contributed by atoms with van der Waals surface area (Å²) in [5.74, 6) is 0. The molecule has 53 heavy (non-hydrogen) atoms. The number of nitrogens with zero attached hydrogens (tertiary/aromatic N) is 2. The van der Waals surface area contributed by atoms with E-state index in [0.29, 0.717) is 0 Å². The molecular formula is C51H52N2. The molecule has 5 aromatic carbocycles. The van der Waals surface area contributed by atoms with Crippen molar-refractivity contribution in [3.63, 3.8) is 0 Å². The van der Waals surface area contributed by atoms with Gasteiger partial charge in [0.25, 0.3) is 0 Å². The quantitative estimate of drug-likeness (QED) is 0.176. The molecule has 0 fully saturated rings. The van der Waals surface area contributed by atoms with Gasteiger partial charge in [0.2, 0.25) is 0 Å². The first-order chi connectivity index (χ1) is 24.9. The molecule has 0 bridgehead atoms. The van der Waals surface area contributed by atoms with E-state index < -0.39 is 0 Å². The van der Waals surface area contributed by atoms with E-state index in [2.05, 4.69) is 165 Å². The molecule has 2 heteroatoms. The van der Waals surface area contributed by atoms with E-state index in [9.17, 15) is 0 Å². The molecule has 0 amide bonds. The summed E-state index contributed by atoms with van der Waals surface area (Å²) in [5.41, 5.74) is 16.8. The first-order valence-corrected chi connectivity index (χ1v) is 19.7. The summed E-state index contributed by atoms with van der Waals surface area (Å²) in [4.78, 5) is 5.23. The van der Waals surface area contributed by atoms with E-state index in [0.717, 1.165) is 18.5 Å². The van der Waals surface area contributed by atoms with Gasteiger partial charge in [-0.15, -0.1) is 0 Å². The zero-order valence-corrected chi connectivity index (χ0v) is 33.5. The topological polar surface area (TPSA) is 17.3 Å². The van der Waals surface area contributed by atoms with Gasteiger partial charge in [-0.3, -0.25) is 4.98 Å². The van der Waals surface area contributed by atoms with Gasteiger partial charge in [0.15, 0.2) is 0 Å². The molecule has 0 aliphatic heterocycles. The largest absolute Gasteiger partial charge is 0.306 e. The van der Waals surface area contributed by atoms with Crippen LogP contribution in [0.25, 0.3) is 71.3 Å². The van der Waals surface area contributed by atoms with Gasteiger partial charge in [-0.2, -0.15) is 0 Å². The molecule has 0 radical (unpaired) electrons. The average molecular weight is 693 g/mol. The third-order valence-corrected chi connectivity index (χ3v) is 13.4. The van der Waals surface area contributed by atoms with Crippen LogP contribution >= 0.6 is 0 Å². The lowest BCUT2D eigenvalue weighted by atomic mass is 9.73. The molecule has 266 valence electrons. The van der Waals surface area contributed by atoms with Gasteiger partial charge in [-0.05, 0) is 114 Å². The van der Waals surface area contributed by atoms with Crippen molar-refractivity contribution in [2.45, 2.75) is 116 Å². The SMILES string of the molecule is CC(C)(C)c1cc(-c2nccc3c4ccc(-c5c6c(cc7c5C(C)(C)CC7(C)C)C(C)(C)CC6(C)C)c5c6ccccc6n(c23)c45)cc2ccccc12. The smallest absolute Gasteiger partial charge is 0.0949 e. The van der Waals surface area contributed by atoms with Crippen molar-refractivity contribution < 1.29 is 0 Å². The van der Waals surface area contributed by atoms with E-state index in [-0.39, 0.29) is 27.1 Å². The highest BCUT2D eigenvalue weighted by atomic mass is 14.9. The summed E-state index contributed by atoms with van der Waals surface area (Å²) in [7, 11) is 0. The number of rotatable bonds is 2. The summed E-state index contributed by atoms with van der Waals surface area (Å²) in [6, 6.07) is 32.6. The molecule has 0 atom stereocenters. The van der Waals surface area contributed by atoms with Crippen LogP contribution in [0, 0.1) is 0 Å². The second-order valence-electron chi connectivity index (χ2n) is 20.3. The van der Waals surface area contributed by atoms with Gasteiger partial charge in [-0.25, -0.2) is 0 Å². The van der Waals surface area contributed by atoms with Crippen molar-refractivity contribution in [2.24, 2.45) is 0 Å². The van der Waals surface area contributed by atoms with Crippen LogP contribution in [-0.2, 0) is 27.1 Å². The Morgan fingerprint density at radius 3 is 1.85 bits per heavy atom. The summed E-state index contributed by atoms with van der Waals surface area (Å²) < 4.78 is 2.57. The van der Waals surface area contributed by atoms with Crippen LogP contribution in [-0.4, -0.2) is 9.38 Å². The van der Waals surface area contributed by atoms with Crippen molar-refractivity contribution in [2.75, 3.05) is 0 Å². The van der Waals surface area contributed by atoms with Crippen molar-refractivity contribution in [1.82, 2.24) is 9.38 Å². The Bertz CT molecular complexity index is 2810. The number of pyridine rings is 1. The highest BCUT2D eigenvalue weighted by molar-refractivity contribution is 6.28. The molecule has 2 nitrogen and oxygen atoms in total. The first-order valence-electron chi connectivity index (χ1n) is 19.7. The molecule has 10 rings (SSSR count). The van der Waals surface area contributed by atoms with E-state index in [1.54, 1.807) is 22.3 Å². The summed E-state index contributed by atoms with van der Waals surface area (Å²) in [6.45, 7) is 26.9. The molecular weight excluding hydrogens is 641 g/mol. The Kier molecular flexibility index (Phi) is 6.26. The molecule has 8 aromatic rings. The fourth-order valence-corrected chi connectivity index (χ4v) is 11.9. The number of aromatic nitrogens is 2. The summed E-state index contributed by atoms with van der Waals surface area (Å²) in [6.07, 6.45) is 4.33. The number of para-hydroxylation sites is 1. The lowest BCUT2D eigenvalue weighted by molar-refractivity contribution is 0.396. The minimum absolute atomic E-state index is 0.0142. The lowest BCUT2D eigenvalue weighted by Crippen LogP contribution is -2.20. The molecule has 0 spiro atoms. The predicted octanol–water partition coefficient (Wildman–Crippen LogP) is 13.9. The Morgan fingerprint density at radius 1 is 0.585 bits per heavy atom. The average Bonchev–Trinajstić information content (AvgIpc) is 3.72. The van der Waals surface area contributed by atoms with Crippen LogP contribution in [0.2, 0.25) is 0 Å². The summed E-state index contributed by atoms with van der Waals surface area (Å²) in [5, 5.41) is 7.86. The van der Waals surface area contributed by atoms with Crippen LogP contribution in [0.15, 0.2) is 91.1 Å². The van der Waals surface area contributed by atoms with Crippen molar-refractivity contribution >= 4 is 48.9 Å². The summed E-state index contributed by atoms with van der Waals surface area (Å²) >= 11 is 0. The van der Waals surface area contributed by atoms with Crippen molar-refractivity contribution in [3.05, 3.63) is 119 Å². The molecule has 3 heterocycles. The third kappa shape index (κ3) is 4.30. The van der Waals surface area contributed by atoms with Gasteiger partial charge >= 0.3 is 0 Å². The van der Waals surface area contributed by atoms with Gasteiger partial charge in [0.05, 0.1) is 22.2 Å². The minimum Gasteiger partial charge on any atom is -0.306 e. The zero-order valence-electron chi connectivity index (χ0n) is 33.5. The number of hydrogen-bond donors (Lipinski definition) is 0. The van der Waals surface area contributed by atoms with Crippen LogP contribution in [0.4, 0.5) is 0 Å². The van der Waals surface area contributed by atoms with E-state index in [1.165, 1.54) is 71.1 Å². The number of benzene rings is 5. The molecule has 0 N–H and O–H groups in total. The van der Waals surface area contributed by atoms with Crippen molar-refractivity contribution in [3.8, 4) is 22.4 Å². The highest BCUT2D eigenvalue weighted by Gasteiger charge is 2.51. The fourth-order valence-electron chi connectivity index (χ4n) is 11.9.